The predicted octanol–water partition coefficient (Wildman–Crippen LogP) is 0.819. The fourth-order valence-electron chi connectivity index (χ4n) is 2.14. The van der Waals surface area contributed by atoms with Gasteiger partial charge in [-0.1, -0.05) is 12.1 Å². The molecule has 0 aromatic heterocycles. The van der Waals surface area contributed by atoms with Crippen LogP contribution in [0.15, 0.2) is 24.3 Å². The molecule has 1 fully saturated rings. The fraction of sp³-hybridized carbons (Fsp3) is 0.538. The molecule has 6 heteroatoms. The number of benzene rings is 1. The van der Waals surface area contributed by atoms with Gasteiger partial charge in [-0.25, -0.2) is 8.42 Å². The van der Waals surface area contributed by atoms with Crippen molar-refractivity contribution in [2.24, 2.45) is 0 Å². The predicted molar refractivity (Wildman–Crippen MR) is 74.7 cm³/mol. The van der Waals surface area contributed by atoms with Crippen LogP contribution in [-0.2, 0) is 16.6 Å². The largest absolute Gasteiger partial charge is 0.497 e. The van der Waals surface area contributed by atoms with Crippen molar-refractivity contribution < 1.29 is 13.2 Å². The van der Waals surface area contributed by atoms with Gasteiger partial charge in [0, 0.05) is 26.2 Å². The molecule has 1 aliphatic rings. The Labute approximate surface area is 114 Å². The van der Waals surface area contributed by atoms with Gasteiger partial charge < -0.3 is 10.1 Å². The van der Waals surface area contributed by atoms with E-state index < -0.39 is 10.0 Å². The van der Waals surface area contributed by atoms with Crippen molar-refractivity contribution in [2.75, 3.05) is 26.7 Å². The maximum Gasteiger partial charge on any atom is 0.218 e. The molecule has 2 rings (SSSR count). The first-order chi connectivity index (χ1) is 9.04. The van der Waals surface area contributed by atoms with Crippen LogP contribution < -0.4 is 10.1 Å². The van der Waals surface area contributed by atoms with E-state index in [0.29, 0.717) is 26.2 Å². The third-order valence-electron chi connectivity index (χ3n) is 3.33. The molecule has 1 aromatic carbocycles. The van der Waals surface area contributed by atoms with Gasteiger partial charge in [-0.15, -0.1) is 0 Å². The fourth-order valence-corrected chi connectivity index (χ4v) is 3.65. The van der Waals surface area contributed by atoms with E-state index in [2.05, 4.69) is 5.32 Å². The van der Waals surface area contributed by atoms with Gasteiger partial charge in [0.1, 0.15) is 5.75 Å². The molecule has 0 spiro atoms. The lowest BCUT2D eigenvalue weighted by Gasteiger charge is -2.22. The van der Waals surface area contributed by atoms with Crippen LogP contribution in [0.2, 0.25) is 0 Å². The van der Waals surface area contributed by atoms with Crippen molar-refractivity contribution in [1.82, 2.24) is 9.62 Å². The van der Waals surface area contributed by atoms with E-state index in [1.165, 1.54) is 0 Å². The quantitative estimate of drug-likeness (QED) is 0.893. The second kappa shape index (κ2) is 5.90. The summed E-state index contributed by atoms with van der Waals surface area (Å²) in [6.07, 6.45) is 0. The smallest absolute Gasteiger partial charge is 0.218 e. The van der Waals surface area contributed by atoms with Crippen LogP contribution in [0, 0.1) is 0 Å². The second-order valence-electron chi connectivity index (χ2n) is 4.74. The van der Waals surface area contributed by atoms with E-state index in [9.17, 15) is 8.42 Å². The summed E-state index contributed by atoms with van der Waals surface area (Å²) in [6, 6.07) is 7.52. The van der Waals surface area contributed by atoms with E-state index in [1.807, 2.05) is 24.3 Å². The molecule has 5 nitrogen and oxygen atoms in total. The minimum absolute atomic E-state index is 0.388. The monoisotopic (exact) mass is 284 g/mol. The topological polar surface area (TPSA) is 58.6 Å². The molecule has 0 amide bonds. The van der Waals surface area contributed by atoms with Gasteiger partial charge >= 0.3 is 0 Å². The summed E-state index contributed by atoms with van der Waals surface area (Å²) < 4.78 is 31.4. The molecule has 106 valence electrons. The van der Waals surface area contributed by atoms with E-state index in [-0.39, 0.29) is 5.25 Å². The van der Waals surface area contributed by atoms with Crippen LogP contribution in [0.1, 0.15) is 12.5 Å². The van der Waals surface area contributed by atoms with Crippen LogP contribution in [0.5, 0.6) is 5.75 Å². The van der Waals surface area contributed by atoms with Gasteiger partial charge in [0.25, 0.3) is 0 Å². The summed E-state index contributed by atoms with van der Waals surface area (Å²) in [5.41, 5.74) is 0.942. The summed E-state index contributed by atoms with van der Waals surface area (Å²) in [5.74, 6) is 0.746. The molecule has 0 saturated carbocycles. The Balaban J connectivity index is 2.20. The van der Waals surface area contributed by atoms with Gasteiger partial charge in [0.2, 0.25) is 10.0 Å². The minimum Gasteiger partial charge on any atom is -0.497 e. The van der Waals surface area contributed by atoms with E-state index >= 15 is 0 Å². The summed E-state index contributed by atoms with van der Waals surface area (Å²) >= 11 is 0. The lowest BCUT2D eigenvalue weighted by Crippen LogP contribution is -2.37. The zero-order valence-electron chi connectivity index (χ0n) is 11.3. The van der Waals surface area contributed by atoms with Gasteiger partial charge in [-0.05, 0) is 24.6 Å². The molecule has 0 aliphatic carbocycles. The second-order valence-corrected chi connectivity index (χ2v) is 7.10. The number of rotatable bonds is 3. The number of nitrogens with zero attached hydrogens (tertiary/aromatic N) is 1. The highest BCUT2D eigenvalue weighted by atomic mass is 32.2. The Morgan fingerprint density at radius 2 is 2.26 bits per heavy atom. The van der Waals surface area contributed by atoms with Crippen molar-refractivity contribution in [3.05, 3.63) is 29.8 Å². The highest BCUT2D eigenvalue weighted by Crippen LogP contribution is 2.18. The van der Waals surface area contributed by atoms with Crippen LogP contribution in [0.4, 0.5) is 0 Å². The number of sulfonamides is 1. The van der Waals surface area contributed by atoms with Crippen molar-refractivity contribution in [1.29, 1.82) is 0 Å². The lowest BCUT2D eigenvalue weighted by atomic mass is 10.2. The Morgan fingerprint density at radius 3 is 3.00 bits per heavy atom. The Kier molecular flexibility index (Phi) is 4.44. The maximum absolute atomic E-state index is 12.3. The Hall–Kier alpha value is -1.11. The highest BCUT2D eigenvalue weighted by Gasteiger charge is 2.30. The van der Waals surface area contributed by atoms with Crippen LogP contribution >= 0.6 is 0 Å². The molecule has 1 heterocycles. The molecule has 19 heavy (non-hydrogen) atoms. The lowest BCUT2D eigenvalue weighted by molar-refractivity contribution is 0.403. The molecule has 0 radical (unpaired) electrons. The first-order valence-electron chi connectivity index (χ1n) is 6.36. The molecule has 1 N–H and O–H groups in total. The van der Waals surface area contributed by atoms with E-state index in [0.717, 1.165) is 11.3 Å². The van der Waals surface area contributed by atoms with Gasteiger partial charge in [-0.3, -0.25) is 0 Å². The van der Waals surface area contributed by atoms with Crippen molar-refractivity contribution in [3.8, 4) is 5.75 Å². The van der Waals surface area contributed by atoms with E-state index in [1.54, 1.807) is 18.3 Å². The SMILES string of the molecule is COc1cccc(CN2CCNCC(C)S2(=O)=O)c1. The van der Waals surface area contributed by atoms with Crippen LogP contribution in [0.25, 0.3) is 0 Å². The molecular formula is C13H20N2O3S. The van der Waals surface area contributed by atoms with Crippen molar-refractivity contribution in [2.45, 2.75) is 18.7 Å². The molecule has 1 aliphatic heterocycles. The standard InChI is InChI=1S/C13H20N2O3S/c1-11-9-14-6-7-15(19(11,16)17)10-12-4-3-5-13(8-12)18-2/h3-5,8,11,14H,6-7,9-10H2,1-2H3. The van der Waals surface area contributed by atoms with Crippen molar-refractivity contribution in [3.63, 3.8) is 0 Å². The minimum atomic E-state index is -3.23. The summed E-state index contributed by atoms with van der Waals surface area (Å²) in [7, 11) is -1.62. The Morgan fingerprint density at radius 1 is 1.47 bits per heavy atom. The number of hydrogen-bond donors (Lipinski definition) is 1. The zero-order chi connectivity index (χ0) is 13.9. The number of nitrogens with one attached hydrogen (secondary N) is 1. The summed E-state index contributed by atoms with van der Waals surface area (Å²) in [5, 5.41) is 2.76. The first kappa shape index (κ1) is 14.3. The first-order valence-corrected chi connectivity index (χ1v) is 7.87. The molecule has 1 atom stereocenters. The molecular weight excluding hydrogens is 264 g/mol. The average Bonchev–Trinajstić information content (AvgIpc) is 2.52. The molecule has 1 unspecified atom stereocenters. The molecule has 0 bridgehead atoms. The maximum atomic E-state index is 12.3. The van der Waals surface area contributed by atoms with E-state index in [4.69, 9.17) is 4.74 Å². The van der Waals surface area contributed by atoms with Gasteiger partial charge in [0.15, 0.2) is 0 Å². The third kappa shape index (κ3) is 3.26. The number of ether oxygens (including phenoxy) is 1. The number of hydrogen-bond acceptors (Lipinski definition) is 4. The van der Waals surface area contributed by atoms with Gasteiger partial charge in [-0.2, -0.15) is 4.31 Å². The van der Waals surface area contributed by atoms with Crippen LogP contribution in [0.3, 0.4) is 0 Å². The molecule has 1 aromatic rings. The third-order valence-corrected chi connectivity index (χ3v) is 5.55. The zero-order valence-corrected chi connectivity index (χ0v) is 12.1. The average molecular weight is 284 g/mol. The summed E-state index contributed by atoms with van der Waals surface area (Å²) in [6.45, 7) is 3.84. The highest BCUT2D eigenvalue weighted by molar-refractivity contribution is 7.89. The normalized spacial score (nSPS) is 23.8. The number of methoxy groups -OCH3 is 1. The Bertz CT molecular complexity index is 530. The van der Waals surface area contributed by atoms with Crippen molar-refractivity contribution >= 4 is 10.0 Å². The van der Waals surface area contributed by atoms with Gasteiger partial charge in [0.05, 0.1) is 12.4 Å². The summed E-state index contributed by atoms with van der Waals surface area (Å²) in [4.78, 5) is 0. The molecule has 1 saturated heterocycles. The van der Waals surface area contributed by atoms with Crippen LogP contribution in [-0.4, -0.2) is 44.7 Å².